The average Bonchev–Trinajstić information content (AvgIpc) is 2.93. The Hall–Kier alpha value is -2.09. The monoisotopic (exact) mass is 368 g/mol. The van der Waals surface area contributed by atoms with Crippen molar-refractivity contribution in [3.63, 3.8) is 0 Å². The fourth-order valence-electron chi connectivity index (χ4n) is 2.34. The number of aromatic nitrogens is 2. The first-order chi connectivity index (χ1) is 11.4. The van der Waals surface area contributed by atoms with Gasteiger partial charge in [0.15, 0.2) is 0 Å². The number of aryl methyl sites for hydroxylation is 1. The van der Waals surface area contributed by atoms with Crippen molar-refractivity contribution in [2.45, 2.75) is 12.1 Å². The molecule has 0 saturated heterocycles. The van der Waals surface area contributed by atoms with E-state index >= 15 is 0 Å². The molecule has 0 radical (unpaired) electrons. The quantitative estimate of drug-likeness (QED) is 0.727. The molecule has 3 rings (SSSR count). The summed E-state index contributed by atoms with van der Waals surface area (Å²) in [7, 11) is 1.80. The lowest BCUT2D eigenvalue weighted by Crippen LogP contribution is -2.45. The van der Waals surface area contributed by atoms with Crippen molar-refractivity contribution >= 4 is 34.8 Å². The molecule has 2 heterocycles. The number of nitrogens with one attached hydrogen (secondary N) is 2. The Morgan fingerprint density at radius 1 is 1.38 bits per heavy atom. The van der Waals surface area contributed by atoms with Crippen LogP contribution in [0.5, 0.6) is 0 Å². The van der Waals surface area contributed by atoms with E-state index in [9.17, 15) is 4.39 Å². The third-order valence-electron chi connectivity index (χ3n) is 3.48. The first kappa shape index (κ1) is 16.8. The van der Waals surface area contributed by atoms with Gasteiger partial charge in [-0.3, -0.25) is 4.68 Å². The number of anilines is 1. The fraction of sp³-hybridized carbons (Fsp3) is 0.200. The van der Waals surface area contributed by atoms with E-state index < -0.39 is 11.5 Å². The number of guanidine groups is 1. The van der Waals surface area contributed by atoms with Gasteiger partial charge in [0.05, 0.1) is 16.9 Å². The third kappa shape index (κ3) is 3.53. The number of nitrogens with two attached hydrogens (primary N) is 1. The van der Waals surface area contributed by atoms with Crippen molar-refractivity contribution < 1.29 is 4.39 Å². The van der Waals surface area contributed by atoms with Crippen LogP contribution >= 0.6 is 23.2 Å². The summed E-state index contributed by atoms with van der Waals surface area (Å²) in [5.74, 6) is -0.163. The first-order valence-corrected chi connectivity index (χ1v) is 7.83. The molecule has 2 aromatic rings. The van der Waals surface area contributed by atoms with Gasteiger partial charge < -0.3 is 16.4 Å². The van der Waals surface area contributed by atoms with E-state index in [0.717, 1.165) is 5.69 Å². The zero-order valence-electron chi connectivity index (χ0n) is 12.7. The van der Waals surface area contributed by atoms with Crippen LogP contribution in [0.4, 0.5) is 10.1 Å². The minimum absolute atomic E-state index is 0.00592. The zero-order valence-corrected chi connectivity index (χ0v) is 14.2. The molecule has 1 unspecified atom stereocenters. The van der Waals surface area contributed by atoms with Gasteiger partial charge in [-0.2, -0.15) is 5.10 Å². The summed E-state index contributed by atoms with van der Waals surface area (Å²) in [5.41, 5.74) is 6.09. The number of benzene rings is 1. The Morgan fingerprint density at radius 2 is 2.12 bits per heavy atom. The molecule has 0 fully saturated rings. The van der Waals surface area contributed by atoms with Crippen LogP contribution in [0.3, 0.4) is 0 Å². The lowest BCUT2D eigenvalue weighted by molar-refractivity contribution is 0.518. The van der Waals surface area contributed by atoms with Crippen LogP contribution in [0.2, 0.25) is 10.0 Å². The van der Waals surface area contributed by atoms with Crippen LogP contribution in [-0.2, 0) is 13.5 Å². The summed E-state index contributed by atoms with van der Waals surface area (Å²) < 4.78 is 15.9. The molecule has 1 aliphatic rings. The normalized spacial score (nSPS) is 19.8. The maximum Gasteiger partial charge on any atom is 0.202 e. The number of rotatable bonds is 3. The molecule has 0 spiro atoms. The van der Waals surface area contributed by atoms with E-state index in [1.54, 1.807) is 36.4 Å². The SMILES string of the molecule is Cn1cc(NC2=NC(N)(Cc3c(Cl)ccc(Cl)c3F)C=CN2)cn1. The predicted octanol–water partition coefficient (Wildman–Crippen LogP) is 2.65. The van der Waals surface area contributed by atoms with Gasteiger partial charge >= 0.3 is 0 Å². The highest BCUT2D eigenvalue weighted by Gasteiger charge is 2.28. The molecule has 126 valence electrons. The number of hydrogen-bond acceptors (Lipinski definition) is 5. The molecule has 1 atom stereocenters. The lowest BCUT2D eigenvalue weighted by Gasteiger charge is -2.27. The topological polar surface area (TPSA) is 80.3 Å². The van der Waals surface area contributed by atoms with Gasteiger partial charge in [0, 0.05) is 36.5 Å². The van der Waals surface area contributed by atoms with Crippen molar-refractivity contribution in [3.8, 4) is 0 Å². The summed E-state index contributed by atoms with van der Waals surface area (Å²) in [5, 5.41) is 10.3. The Labute approximate surface area is 148 Å². The van der Waals surface area contributed by atoms with Crippen LogP contribution in [0.25, 0.3) is 0 Å². The average molecular weight is 369 g/mol. The molecule has 24 heavy (non-hydrogen) atoms. The van der Waals surface area contributed by atoms with Crippen LogP contribution in [0.15, 0.2) is 41.8 Å². The molecule has 9 heteroatoms. The predicted molar refractivity (Wildman–Crippen MR) is 93.6 cm³/mol. The summed E-state index contributed by atoms with van der Waals surface area (Å²) in [4.78, 5) is 4.41. The van der Waals surface area contributed by atoms with Crippen molar-refractivity contribution in [1.82, 2.24) is 15.1 Å². The summed E-state index contributed by atoms with van der Waals surface area (Å²) in [6.45, 7) is 0. The Morgan fingerprint density at radius 3 is 2.83 bits per heavy atom. The number of nitrogens with zero attached hydrogens (tertiary/aromatic N) is 3. The highest BCUT2D eigenvalue weighted by Crippen LogP contribution is 2.29. The second-order valence-corrected chi connectivity index (χ2v) is 6.27. The van der Waals surface area contributed by atoms with Crippen molar-refractivity contribution in [2.24, 2.45) is 17.8 Å². The van der Waals surface area contributed by atoms with Crippen LogP contribution < -0.4 is 16.4 Å². The number of aliphatic imine (C=N–C) groups is 1. The molecule has 0 amide bonds. The second-order valence-electron chi connectivity index (χ2n) is 5.46. The van der Waals surface area contributed by atoms with E-state index in [2.05, 4.69) is 20.7 Å². The smallest absolute Gasteiger partial charge is 0.202 e. The Kier molecular flexibility index (Phi) is 4.49. The zero-order chi connectivity index (χ0) is 17.3. The second kappa shape index (κ2) is 6.43. The van der Waals surface area contributed by atoms with Gasteiger partial charge in [-0.1, -0.05) is 23.2 Å². The molecule has 0 bridgehead atoms. The first-order valence-electron chi connectivity index (χ1n) is 7.07. The van der Waals surface area contributed by atoms with Gasteiger partial charge in [0.2, 0.25) is 5.96 Å². The minimum Gasteiger partial charge on any atom is -0.333 e. The largest absolute Gasteiger partial charge is 0.333 e. The van der Waals surface area contributed by atoms with E-state index in [0.29, 0.717) is 5.96 Å². The Bertz CT molecular complexity index is 831. The number of halogens is 3. The molecular formula is C15H15Cl2FN6. The van der Waals surface area contributed by atoms with E-state index in [-0.39, 0.29) is 22.0 Å². The Balaban J connectivity index is 1.85. The molecular weight excluding hydrogens is 354 g/mol. The molecule has 1 aromatic carbocycles. The molecule has 1 aliphatic heterocycles. The third-order valence-corrected chi connectivity index (χ3v) is 4.12. The maximum atomic E-state index is 14.2. The summed E-state index contributed by atoms with van der Waals surface area (Å²) in [6, 6.07) is 2.94. The van der Waals surface area contributed by atoms with Crippen LogP contribution in [0.1, 0.15) is 5.56 Å². The van der Waals surface area contributed by atoms with Crippen LogP contribution in [-0.4, -0.2) is 21.4 Å². The molecule has 0 aliphatic carbocycles. The highest BCUT2D eigenvalue weighted by molar-refractivity contribution is 6.33. The molecule has 1 aromatic heterocycles. The van der Waals surface area contributed by atoms with Crippen molar-refractivity contribution in [2.75, 3.05) is 5.32 Å². The molecule has 6 nitrogen and oxygen atoms in total. The lowest BCUT2D eigenvalue weighted by atomic mass is 9.99. The van der Waals surface area contributed by atoms with Gasteiger partial charge in [0.1, 0.15) is 11.5 Å². The van der Waals surface area contributed by atoms with Crippen LogP contribution in [0, 0.1) is 5.82 Å². The van der Waals surface area contributed by atoms with E-state index in [1.165, 1.54) is 12.1 Å². The molecule has 4 N–H and O–H groups in total. The minimum atomic E-state index is -1.16. The standard InChI is InChI=1S/C15H15Cl2FN6/c1-24-8-9(7-21-24)22-14-20-5-4-15(19,23-14)6-10-11(16)2-3-12(17)13(10)18/h2-5,7-8H,6,19H2,1H3,(H2,20,22,23). The van der Waals surface area contributed by atoms with Gasteiger partial charge in [-0.25, -0.2) is 9.38 Å². The van der Waals surface area contributed by atoms with Gasteiger partial charge in [-0.05, 0) is 18.2 Å². The van der Waals surface area contributed by atoms with Gasteiger partial charge in [-0.15, -0.1) is 0 Å². The maximum absolute atomic E-state index is 14.2. The van der Waals surface area contributed by atoms with Crippen molar-refractivity contribution in [1.29, 1.82) is 0 Å². The fourth-order valence-corrected chi connectivity index (χ4v) is 2.73. The molecule has 0 saturated carbocycles. The van der Waals surface area contributed by atoms with E-state index in [1.807, 2.05) is 0 Å². The summed E-state index contributed by atoms with van der Waals surface area (Å²) in [6.07, 6.45) is 6.78. The van der Waals surface area contributed by atoms with Gasteiger partial charge in [0.25, 0.3) is 0 Å². The van der Waals surface area contributed by atoms with Crippen molar-refractivity contribution in [3.05, 3.63) is 58.2 Å². The highest BCUT2D eigenvalue weighted by atomic mass is 35.5. The number of hydrogen-bond donors (Lipinski definition) is 3. The van der Waals surface area contributed by atoms with E-state index in [4.69, 9.17) is 28.9 Å². The summed E-state index contributed by atoms with van der Waals surface area (Å²) >= 11 is 11.9.